The Morgan fingerprint density at radius 3 is 2.46 bits per heavy atom. The first-order valence-corrected chi connectivity index (χ1v) is 8.63. The van der Waals surface area contributed by atoms with Crippen LogP contribution in [0.2, 0.25) is 0 Å². The monoisotopic (exact) mass is 350 g/mol. The molecule has 5 nitrogen and oxygen atoms in total. The van der Waals surface area contributed by atoms with Gasteiger partial charge < -0.3 is 13.9 Å². The van der Waals surface area contributed by atoms with Crippen LogP contribution in [0.3, 0.4) is 0 Å². The molecule has 0 N–H and O–H groups in total. The quantitative estimate of drug-likeness (QED) is 0.683. The number of pyridine rings is 1. The Balaban J connectivity index is 1.77. The van der Waals surface area contributed by atoms with E-state index in [1.54, 1.807) is 35.4 Å². The van der Waals surface area contributed by atoms with Gasteiger partial charge >= 0.3 is 0 Å². The Morgan fingerprint density at radius 1 is 1.04 bits per heavy atom. The summed E-state index contributed by atoms with van der Waals surface area (Å²) in [5.41, 5.74) is 0.960. The zero-order chi connectivity index (χ0) is 18.5. The molecule has 0 aliphatic rings. The van der Waals surface area contributed by atoms with Crippen LogP contribution >= 0.6 is 0 Å². The Labute approximate surface area is 152 Å². The van der Waals surface area contributed by atoms with Gasteiger partial charge in [0.1, 0.15) is 5.76 Å². The van der Waals surface area contributed by atoms with E-state index >= 15 is 0 Å². The van der Waals surface area contributed by atoms with Crippen LogP contribution in [0.1, 0.15) is 35.7 Å². The van der Waals surface area contributed by atoms with E-state index in [-0.39, 0.29) is 23.3 Å². The summed E-state index contributed by atoms with van der Waals surface area (Å²) in [6, 6.07) is 18.3. The second kappa shape index (κ2) is 7.87. The van der Waals surface area contributed by atoms with Crippen molar-refractivity contribution >= 4 is 5.91 Å². The number of amides is 1. The lowest BCUT2D eigenvalue weighted by Gasteiger charge is -2.26. The smallest absolute Gasteiger partial charge is 0.290 e. The molecule has 0 atom stereocenters. The summed E-state index contributed by atoms with van der Waals surface area (Å²) in [7, 11) is 0. The van der Waals surface area contributed by atoms with E-state index in [1.165, 1.54) is 10.6 Å². The predicted octanol–water partition coefficient (Wildman–Crippen LogP) is 3.54. The number of carbonyl (C=O) groups excluding carboxylic acids is 1. The molecule has 3 rings (SSSR count). The van der Waals surface area contributed by atoms with E-state index in [1.807, 2.05) is 44.2 Å². The molecule has 3 aromatic rings. The molecule has 2 heterocycles. The van der Waals surface area contributed by atoms with E-state index in [0.717, 1.165) is 5.56 Å². The maximum absolute atomic E-state index is 12.9. The average Bonchev–Trinajstić information content (AvgIpc) is 3.10. The van der Waals surface area contributed by atoms with Crippen molar-refractivity contribution in [3.63, 3.8) is 0 Å². The van der Waals surface area contributed by atoms with Crippen molar-refractivity contribution in [3.8, 4) is 0 Å². The highest BCUT2D eigenvalue weighted by Gasteiger charge is 2.22. The molecule has 0 unspecified atom stereocenters. The summed E-state index contributed by atoms with van der Waals surface area (Å²) in [6.45, 7) is 4.78. The van der Waals surface area contributed by atoms with Gasteiger partial charge in [-0.05, 0) is 37.6 Å². The number of hydrogen-bond donors (Lipinski definition) is 0. The molecule has 134 valence electrons. The maximum atomic E-state index is 12.9. The van der Waals surface area contributed by atoms with Crippen LogP contribution in [0.4, 0.5) is 0 Å². The first kappa shape index (κ1) is 17.7. The molecule has 1 aromatic carbocycles. The highest BCUT2D eigenvalue weighted by atomic mass is 16.4. The summed E-state index contributed by atoms with van der Waals surface area (Å²) in [4.78, 5) is 26.5. The van der Waals surface area contributed by atoms with Crippen molar-refractivity contribution in [3.05, 3.63) is 94.3 Å². The van der Waals surface area contributed by atoms with E-state index in [0.29, 0.717) is 18.8 Å². The third-order valence-corrected chi connectivity index (χ3v) is 4.18. The normalized spacial score (nSPS) is 10.9. The largest absolute Gasteiger partial charge is 0.454 e. The van der Waals surface area contributed by atoms with E-state index in [2.05, 4.69) is 0 Å². The fraction of sp³-hybridized carbons (Fsp3) is 0.238. The lowest BCUT2D eigenvalue weighted by atomic mass is 10.2. The molecule has 1 amide bonds. The highest BCUT2D eigenvalue weighted by molar-refractivity contribution is 5.91. The van der Waals surface area contributed by atoms with Crippen molar-refractivity contribution in [2.75, 3.05) is 0 Å². The standard InChI is InChI=1S/C21H22N2O3/c1-16(2)23(14-17-8-4-3-5-9-17)21(25)19-12-11-18(26-19)15-22-13-7-6-10-20(22)24/h3-13,16H,14-15H2,1-2H3. The van der Waals surface area contributed by atoms with Gasteiger partial charge in [-0.15, -0.1) is 0 Å². The summed E-state index contributed by atoms with van der Waals surface area (Å²) >= 11 is 0. The summed E-state index contributed by atoms with van der Waals surface area (Å²) < 4.78 is 7.26. The zero-order valence-electron chi connectivity index (χ0n) is 15.0. The molecule has 0 aliphatic heterocycles. The molecular weight excluding hydrogens is 328 g/mol. The Morgan fingerprint density at radius 2 is 1.77 bits per heavy atom. The number of hydrogen-bond acceptors (Lipinski definition) is 3. The number of nitrogens with zero attached hydrogens (tertiary/aromatic N) is 2. The minimum Gasteiger partial charge on any atom is -0.454 e. The van der Waals surface area contributed by atoms with Gasteiger partial charge in [0, 0.05) is 24.8 Å². The number of rotatable bonds is 6. The third kappa shape index (κ3) is 4.11. The molecule has 0 saturated heterocycles. The van der Waals surface area contributed by atoms with Gasteiger partial charge in [0.15, 0.2) is 5.76 Å². The number of benzene rings is 1. The molecule has 0 fully saturated rings. The fourth-order valence-electron chi connectivity index (χ4n) is 2.75. The van der Waals surface area contributed by atoms with Crippen molar-refractivity contribution in [2.24, 2.45) is 0 Å². The number of carbonyl (C=O) groups is 1. The molecular formula is C21H22N2O3. The zero-order valence-corrected chi connectivity index (χ0v) is 15.0. The SMILES string of the molecule is CC(C)N(Cc1ccccc1)C(=O)c1ccc(Cn2ccccc2=O)o1. The van der Waals surface area contributed by atoms with Crippen molar-refractivity contribution in [2.45, 2.75) is 33.0 Å². The molecule has 0 bridgehead atoms. The predicted molar refractivity (Wildman–Crippen MR) is 100.0 cm³/mol. The third-order valence-electron chi connectivity index (χ3n) is 4.18. The maximum Gasteiger partial charge on any atom is 0.290 e. The Bertz CT molecular complexity index is 925. The first-order chi connectivity index (χ1) is 12.5. The highest BCUT2D eigenvalue weighted by Crippen LogP contribution is 2.16. The second-order valence-corrected chi connectivity index (χ2v) is 6.45. The van der Waals surface area contributed by atoms with Gasteiger partial charge in [-0.1, -0.05) is 36.4 Å². The molecule has 0 aliphatic carbocycles. The lowest BCUT2D eigenvalue weighted by molar-refractivity contribution is 0.0655. The van der Waals surface area contributed by atoms with Crippen LogP contribution in [0.25, 0.3) is 0 Å². The van der Waals surface area contributed by atoms with Gasteiger partial charge in [-0.2, -0.15) is 0 Å². The molecule has 5 heteroatoms. The average molecular weight is 350 g/mol. The van der Waals surface area contributed by atoms with Crippen LogP contribution in [-0.2, 0) is 13.1 Å². The molecule has 0 radical (unpaired) electrons. The summed E-state index contributed by atoms with van der Waals surface area (Å²) in [5, 5.41) is 0. The van der Waals surface area contributed by atoms with E-state index < -0.39 is 0 Å². The lowest BCUT2D eigenvalue weighted by Crippen LogP contribution is -2.36. The Hall–Kier alpha value is -3.08. The summed E-state index contributed by atoms with van der Waals surface area (Å²) in [6.07, 6.45) is 1.70. The number of aromatic nitrogens is 1. The van der Waals surface area contributed by atoms with Crippen molar-refractivity contribution in [1.82, 2.24) is 9.47 Å². The molecule has 2 aromatic heterocycles. The van der Waals surface area contributed by atoms with Gasteiger partial charge in [0.2, 0.25) is 0 Å². The molecule has 0 spiro atoms. The molecule has 26 heavy (non-hydrogen) atoms. The minimum absolute atomic E-state index is 0.0352. The Kier molecular flexibility index (Phi) is 5.37. The number of furan rings is 1. The van der Waals surface area contributed by atoms with Gasteiger partial charge in [0.05, 0.1) is 6.54 Å². The second-order valence-electron chi connectivity index (χ2n) is 6.45. The van der Waals surface area contributed by atoms with Gasteiger partial charge in [-0.3, -0.25) is 9.59 Å². The first-order valence-electron chi connectivity index (χ1n) is 8.63. The van der Waals surface area contributed by atoms with Crippen LogP contribution in [-0.4, -0.2) is 21.4 Å². The molecule has 0 saturated carbocycles. The van der Waals surface area contributed by atoms with Crippen LogP contribution in [0, 0.1) is 0 Å². The van der Waals surface area contributed by atoms with Gasteiger partial charge in [-0.25, -0.2) is 0 Å². The van der Waals surface area contributed by atoms with E-state index in [4.69, 9.17) is 4.42 Å². The van der Waals surface area contributed by atoms with Crippen LogP contribution < -0.4 is 5.56 Å². The van der Waals surface area contributed by atoms with E-state index in [9.17, 15) is 9.59 Å². The van der Waals surface area contributed by atoms with Crippen molar-refractivity contribution in [1.29, 1.82) is 0 Å². The summed E-state index contributed by atoms with van der Waals surface area (Å²) in [5.74, 6) is 0.703. The minimum atomic E-state index is -0.157. The van der Waals surface area contributed by atoms with Crippen LogP contribution in [0.15, 0.2) is 76.1 Å². The van der Waals surface area contributed by atoms with Gasteiger partial charge in [0.25, 0.3) is 11.5 Å². The van der Waals surface area contributed by atoms with Crippen molar-refractivity contribution < 1.29 is 9.21 Å². The fourth-order valence-corrected chi connectivity index (χ4v) is 2.75. The topological polar surface area (TPSA) is 55.5 Å². The van der Waals surface area contributed by atoms with Crippen LogP contribution in [0.5, 0.6) is 0 Å².